The van der Waals surface area contributed by atoms with Crippen molar-refractivity contribution in [3.8, 4) is 0 Å². The van der Waals surface area contributed by atoms with E-state index in [2.05, 4.69) is 32.6 Å². The van der Waals surface area contributed by atoms with Crippen LogP contribution in [0.4, 0.5) is 4.79 Å². The number of H-pyrrole nitrogens is 2. The third-order valence-corrected chi connectivity index (χ3v) is 5.05. The number of rotatable bonds is 3. The molecule has 130 valence electrons. The van der Waals surface area contributed by atoms with Crippen molar-refractivity contribution in [2.45, 2.75) is 39.3 Å². The topological polar surface area (TPSA) is 76.8 Å². The Bertz CT molecular complexity index is 857. The molecule has 25 heavy (non-hydrogen) atoms. The maximum Gasteiger partial charge on any atom is 0.318 e. The molecule has 0 unspecified atom stereocenters. The number of amides is 2. The van der Waals surface area contributed by atoms with Crippen molar-refractivity contribution >= 4 is 16.9 Å². The van der Waals surface area contributed by atoms with Crippen LogP contribution >= 0.6 is 0 Å². The molecule has 2 aromatic heterocycles. The summed E-state index contributed by atoms with van der Waals surface area (Å²) < 4.78 is 0. The molecular formula is C19H23N5O. The van der Waals surface area contributed by atoms with Crippen LogP contribution in [0.15, 0.2) is 30.3 Å². The number of carbonyl (C=O) groups excluding carboxylic acids is 1. The highest BCUT2D eigenvalue weighted by Gasteiger charge is 2.32. The minimum atomic E-state index is -0.0128. The van der Waals surface area contributed by atoms with Crippen LogP contribution in [-0.4, -0.2) is 32.7 Å². The van der Waals surface area contributed by atoms with Gasteiger partial charge in [0.05, 0.1) is 18.3 Å². The van der Waals surface area contributed by atoms with E-state index in [0.717, 1.165) is 47.4 Å². The van der Waals surface area contributed by atoms with E-state index in [1.807, 2.05) is 36.9 Å². The molecule has 6 heteroatoms. The lowest BCUT2D eigenvalue weighted by Gasteiger charge is -2.25. The zero-order chi connectivity index (χ0) is 17.4. The van der Waals surface area contributed by atoms with Gasteiger partial charge in [-0.3, -0.25) is 5.10 Å². The van der Waals surface area contributed by atoms with Crippen LogP contribution in [0.25, 0.3) is 10.9 Å². The Morgan fingerprint density at radius 3 is 2.96 bits per heavy atom. The number of para-hydroxylation sites is 1. The second-order valence-corrected chi connectivity index (χ2v) is 6.74. The standard InChI is InChI=1S/C19H23N5O/c1-12-18(13(2)23-22-12)17-8-5-9-24(17)19(25)20-11-15-10-14-6-3-4-7-16(14)21-15/h3-4,6-7,10,17,21H,5,8-9,11H2,1-2H3,(H,20,25)(H,22,23)/t17-/m0/s1. The van der Waals surface area contributed by atoms with Crippen molar-refractivity contribution in [3.63, 3.8) is 0 Å². The van der Waals surface area contributed by atoms with Gasteiger partial charge in [-0.05, 0) is 44.2 Å². The minimum absolute atomic E-state index is 0.0128. The summed E-state index contributed by atoms with van der Waals surface area (Å²) in [4.78, 5) is 18.0. The molecule has 6 nitrogen and oxygen atoms in total. The Hall–Kier alpha value is -2.76. The van der Waals surface area contributed by atoms with Gasteiger partial charge in [0.1, 0.15) is 0 Å². The first-order chi connectivity index (χ1) is 12.1. The summed E-state index contributed by atoms with van der Waals surface area (Å²) in [6, 6.07) is 10.3. The van der Waals surface area contributed by atoms with Gasteiger partial charge in [0, 0.05) is 29.0 Å². The number of likely N-dealkylation sites (tertiary alicyclic amines) is 1. The number of aromatic amines is 2. The van der Waals surface area contributed by atoms with Gasteiger partial charge in [-0.1, -0.05) is 18.2 Å². The molecule has 0 saturated carbocycles. The molecule has 1 aliphatic heterocycles. The first-order valence-corrected chi connectivity index (χ1v) is 8.76. The van der Waals surface area contributed by atoms with E-state index in [4.69, 9.17) is 0 Å². The lowest BCUT2D eigenvalue weighted by atomic mass is 10.0. The summed E-state index contributed by atoms with van der Waals surface area (Å²) in [5.41, 5.74) is 5.31. The lowest BCUT2D eigenvalue weighted by molar-refractivity contribution is 0.192. The highest BCUT2D eigenvalue weighted by atomic mass is 16.2. The fourth-order valence-electron chi connectivity index (χ4n) is 3.86. The number of urea groups is 1. The van der Waals surface area contributed by atoms with E-state index in [-0.39, 0.29) is 12.1 Å². The molecular weight excluding hydrogens is 314 g/mol. The number of nitrogens with zero attached hydrogens (tertiary/aromatic N) is 2. The second kappa shape index (κ2) is 6.27. The average Bonchev–Trinajstić information content (AvgIpc) is 3.31. The molecule has 3 aromatic rings. The van der Waals surface area contributed by atoms with Crippen molar-refractivity contribution < 1.29 is 4.79 Å². The Labute approximate surface area is 146 Å². The number of nitrogens with one attached hydrogen (secondary N) is 3. The fraction of sp³-hybridized carbons (Fsp3) is 0.368. The molecule has 1 saturated heterocycles. The molecule has 1 aromatic carbocycles. The fourth-order valence-corrected chi connectivity index (χ4v) is 3.86. The number of carbonyl (C=O) groups is 1. The molecule has 0 spiro atoms. The number of hydrogen-bond acceptors (Lipinski definition) is 2. The van der Waals surface area contributed by atoms with Crippen LogP contribution in [0.5, 0.6) is 0 Å². The van der Waals surface area contributed by atoms with E-state index < -0.39 is 0 Å². The normalized spacial score (nSPS) is 17.4. The Morgan fingerprint density at radius 1 is 1.36 bits per heavy atom. The number of aromatic nitrogens is 3. The van der Waals surface area contributed by atoms with E-state index in [9.17, 15) is 4.79 Å². The summed E-state index contributed by atoms with van der Waals surface area (Å²) in [7, 11) is 0. The van der Waals surface area contributed by atoms with Gasteiger partial charge < -0.3 is 15.2 Å². The van der Waals surface area contributed by atoms with Gasteiger partial charge in [0.15, 0.2) is 0 Å². The maximum absolute atomic E-state index is 12.7. The molecule has 3 heterocycles. The largest absolute Gasteiger partial charge is 0.357 e. The number of hydrogen-bond donors (Lipinski definition) is 3. The third-order valence-electron chi connectivity index (χ3n) is 5.05. The molecule has 2 amide bonds. The molecule has 4 rings (SSSR count). The molecule has 0 aliphatic carbocycles. The van der Waals surface area contributed by atoms with Gasteiger partial charge in [0.25, 0.3) is 0 Å². The van der Waals surface area contributed by atoms with Crippen LogP contribution < -0.4 is 5.32 Å². The molecule has 3 N–H and O–H groups in total. The average molecular weight is 337 g/mol. The summed E-state index contributed by atoms with van der Waals surface area (Å²) >= 11 is 0. The SMILES string of the molecule is Cc1n[nH]c(C)c1[C@@H]1CCCN1C(=O)NCc1cc2ccccc2[nH]1. The lowest BCUT2D eigenvalue weighted by Crippen LogP contribution is -2.39. The first kappa shape index (κ1) is 15.7. The monoisotopic (exact) mass is 337 g/mol. The van der Waals surface area contributed by atoms with Crippen molar-refractivity contribution in [2.24, 2.45) is 0 Å². The van der Waals surface area contributed by atoms with E-state index in [0.29, 0.717) is 6.54 Å². The molecule has 0 radical (unpaired) electrons. The first-order valence-electron chi connectivity index (χ1n) is 8.76. The van der Waals surface area contributed by atoms with Gasteiger partial charge in [0.2, 0.25) is 0 Å². The van der Waals surface area contributed by atoms with Gasteiger partial charge in [-0.25, -0.2) is 4.79 Å². The van der Waals surface area contributed by atoms with Gasteiger partial charge >= 0.3 is 6.03 Å². The summed E-state index contributed by atoms with van der Waals surface area (Å²) in [6.07, 6.45) is 2.01. The zero-order valence-electron chi connectivity index (χ0n) is 14.6. The van der Waals surface area contributed by atoms with Crippen molar-refractivity contribution in [1.29, 1.82) is 0 Å². The van der Waals surface area contributed by atoms with Crippen LogP contribution in [0.1, 0.15) is 41.5 Å². The highest BCUT2D eigenvalue weighted by Crippen LogP contribution is 2.34. The summed E-state index contributed by atoms with van der Waals surface area (Å²) in [5.74, 6) is 0. The number of fused-ring (bicyclic) bond motifs is 1. The van der Waals surface area contributed by atoms with Crippen LogP contribution in [0.3, 0.4) is 0 Å². The smallest absolute Gasteiger partial charge is 0.318 e. The summed E-state index contributed by atoms with van der Waals surface area (Å²) in [5, 5.41) is 11.5. The van der Waals surface area contributed by atoms with Crippen molar-refractivity contribution in [3.05, 3.63) is 53.0 Å². The van der Waals surface area contributed by atoms with Crippen LogP contribution in [0, 0.1) is 13.8 Å². The van der Waals surface area contributed by atoms with Gasteiger partial charge in [-0.15, -0.1) is 0 Å². The zero-order valence-corrected chi connectivity index (χ0v) is 14.6. The van der Waals surface area contributed by atoms with Crippen LogP contribution in [0.2, 0.25) is 0 Å². The Morgan fingerprint density at radius 2 is 2.20 bits per heavy atom. The maximum atomic E-state index is 12.7. The predicted molar refractivity (Wildman–Crippen MR) is 97.3 cm³/mol. The minimum Gasteiger partial charge on any atom is -0.357 e. The molecule has 1 atom stereocenters. The number of benzene rings is 1. The Balaban J connectivity index is 1.46. The molecule has 1 aliphatic rings. The van der Waals surface area contributed by atoms with Gasteiger partial charge in [-0.2, -0.15) is 5.10 Å². The number of aryl methyl sites for hydroxylation is 2. The molecule has 1 fully saturated rings. The predicted octanol–water partition coefficient (Wildman–Crippen LogP) is 3.55. The molecule has 0 bridgehead atoms. The highest BCUT2D eigenvalue weighted by molar-refractivity contribution is 5.80. The Kier molecular flexibility index (Phi) is 3.95. The van der Waals surface area contributed by atoms with Crippen molar-refractivity contribution in [2.75, 3.05) is 6.54 Å². The van der Waals surface area contributed by atoms with E-state index in [1.165, 1.54) is 5.56 Å². The van der Waals surface area contributed by atoms with Crippen molar-refractivity contribution in [1.82, 2.24) is 25.4 Å². The van der Waals surface area contributed by atoms with E-state index >= 15 is 0 Å². The van der Waals surface area contributed by atoms with E-state index in [1.54, 1.807) is 0 Å². The van der Waals surface area contributed by atoms with Crippen LogP contribution in [-0.2, 0) is 6.54 Å². The summed E-state index contributed by atoms with van der Waals surface area (Å²) in [6.45, 7) is 5.30. The quantitative estimate of drug-likeness (QED) is 0.683. The third kappa shape index (κ3) is 2.88. The second-order valence-electron chi connectivity index (χ2n) is 6.74.